The third-order valence-corrected chi connectivity index (χ3v) is 11.7. The minimum Gasteiger partial charge on any atom is -0.455 e. The van der Waals surface area contributed by atoms with Gasteiger partial charge in [0.25, 0.3) is 0 Å². The third kappa shape index (κ3) is 3.67. The number of hydrogen-bond donors (Lipinski definition) is 0. The summed E-state index contributed by atoms with van der Waals surface area (Å²) in [4.78, 5) is 2.40. The van der Waals surface area contributed by atoms with E-state index in [2.05, 4.69) is 180 Å². The Balaban J connectivity index is 1.17. The van der Waals surface area contributed by atoms with Crippen LogP contribution < -0.4 is 4.90 Å². The van der Waals surface area contributed by atoms with E-state index < -0.39 is 5.41 Å². The summed E-state index contributed by atoms with van der Waals surface area (Å²) >= 11 is 1.76. The number of anilines is 3. The normalized spacial score (nSPS) is 15.3. The summed E-state index contributed by atoms with van der Waals surface area (Å²) in [7, 11) is 0. The molecule has 9 aromatic rings. The third-order valence-electron chi connectivity index (χ3n) is 10.8. The van der Waals surface area contributed by atoms with Crippen LogP contribution in [0.15, 0.2) is 180 Å². The topological polar surface area (TPSA) is 16.4 Å². The Morgan fingerprint density at radius 1 is 0.460 bits per heavy atom. The predicted molar refractivity (Wildman–Crippen MR) is 208 cm³/mol. The van der Waals surface area contributed by atoms with Crippen LogP contribution in [0, 0.1) is 0 Å². The van der Waals surface area contributed by atoms with Gasteiger partial charge in [0, 0.05) is 27.7 Å². The molecule has 0 amide bonds. The Morgan fingerprint density at radius 3 is 1.96 bits per heavy atom. The van der Waals surface area contributed by atoms with E-state index in [1.807, 2.05) is 0 Å². The highest BCUT2D eigenvalue weighted by atomic mass is 32.1. The molecular formula is C47H29NOS. The SMILES string of the molecule is c1ccc(-c2ccc(N(c3ccc4c(c3)C3(c5ccccc5-4)c4ccccc4-c4c3ccc3c4oc4ccccc43)c3cccs3)cc2)cc1. The predicted octanol–water partition coefficient (Wildman–Crippen LogP) is 13.1. The Morgan fingerprint density at radius 2 is 1.14 bits per heavy atom. The molecule has 1 spiro atoms. The highest BCUT2D eigenvalue weighted by Gasteiger charge is 2.52. The fourth-order valence-corrected chi connectivity index (χ4v) is 9.53. The van der Waals surface area contributed by atoms with Gasteiger partial charge in [0.15, 0.2) is 0 Å². The van der Waals surface area contributed by atoms with Crippen LogP contribution in [0.4, 0.5) is 16.4 Å². The van der Waals surface area contributed by atoms with E-state index in [0.29, 0.717) is 0 Å². The summed E-state index contributed by atoms with van der Waals surface area (Å²) in [5.41, 5.74) is 16.3. The molecule has 1 unspecified atom stereocenters. The quantitative estimate of drug-likeness (QED) is 0.188. The van der Waals surface area contributed by atoms with E-state index in [1.165, 1.54) is 60.6 Å². The summed E-state index contributed by atoms with van der Waals surface area (Å²) in [5, 5.41) is 5.66. The first-order valence-electron chi connectivity index (χ1n) is 17.1. The summed E-state index contributed by atoms with van der Waals surface area (Å²) in [5.74, 6) is 0. The number of rotatable bonds is 4. The Hall–Kier alpha value is -6.16. The molecule has 2 nitrogen and oxygen atoms in total. The van der Waals surface area contributed by atoms with Gasteiger partial charge in [0.05, 0.1) is 10.4 Å². The molecule has 2 aliphatic carbocycles. The van der Waals surface area contributed by atoms with Gasteiger partial charge in [-0.3, -0.25) is 0 Å². The van der Waals surface area contributed by atoms with Crippen molar-refractivity contribution in [2.24, 2.45) is 0 Å². The van der Waals surface area contributed by atoms with Gasteiger partial charge in [0.2, 0.25) is 0 Å². The van der Waals surface area contributed by atoms with Crippen molar-refractivity contribution in [1.82, 2.24) is 0 Å². The maximum absolute atomic E-state index is 6.73. The molecule has 3 heteroatoms. The molecule has 0 aliphatic heterocycles. The van der Waals surface area contributed by atoms with Crippen LogP contribution in [0.5, 0.6) is 0 Å². The number of furan rings is 1. The van der Waals surface area contributed by atoms with Gasteiger partial charge in [-0.05, 0) is 97.9 Å². The average Bonchev–Trinajstić information content (AvgIpc) is 3.96. The van der Waals surface area contributed by atoms with Crippen molar-refractivity contribution in [3.05, 3.63) is 197 Å². The molecule has 0 N–H and O–H groups in total. The van der Waals surface area contributed by atoms with E-state index >= 15 is 0 Å². The molecule has 0 saturated heterocycles. The molecule has 11 rings (SSSR count). The van der Waals surface area contributed by atoms with Gasteiger partial charge in [0.1, 0.15) is 11.2 Å². The fourth-order valence-electron chi connectivity index (χ4n) is 8.76. The molecule has 2 heterocycles. The lowest BCUT2D eigenvalue weighted by atomic mass is 9.70. The van der Waals surface area contributed by atoms with E-state index in [9.17, 15) is 0 Å². The Bertz CT molecular complexity index is 2760. The van der Waals surface area contributed by atoms with E-state index in [1.54, 1.807) is 11.3 Å². The lowest BCUT2D eigenvalue weighted by Crippen LogP contribution is -2.26. The zero-order valence-corrected chi connectivity index (χ0v) is 27.8. The van der Waals surface area contributed by atoms with Gasteiger partial charge in [-0.2, -0.15) is 0 Å². The molecule has 2 aromatic heterocycles. The molecule has 7 aromatic carbocycles. The first kappa shape index (κ1) is 27.8. The van der Waals surface area contributed by atoms with Crippen molar-refractivity contribution in [2.75, 3.05) is 4.90 Å². The zero-order chi connectivity index (χ0) is 32.8. The fraction of sp³-hybridized carbons (Fsp3) is 0.0213. The molecule has 1 atom stereocenters. The molecule has 0 bridgehead atoms. The average molecular weight is 656 g/mol. The smallest absolute Gasteiger partial charge is 0.143 e. The molecule has 0 saturated carbocycles. The molecular weight excluding hydrogens is 627 g/mol. The van der Waals surface area contributed by atoms with Crippen molar-refractivity contribution < 1.29 is 4.42 Å². The van der Waals surface area contributed by atoms with Gasteiger partial charge in [-0.1, -0.05) is 127 Å². The van der Waals surface area contributed by atoms with Crippen molar-refractivity contribution in [1.29, 1.82) is 0 Å². The molecule has 234 valence electrons. The Kier molecular flexibility index (Phi) is 5.78. The van der Waals surface area contributed by atoms with Crippen LogP contribution in [0.3, 0.4) is 0 Å². The lowest BCUT2D eigenvalue weighted by molar-refractivity contribution is 0.669. The number of thiophene rings is 1. The van der Waals surface area contributed by atoms with Gasteiger partial charge in [-0.15, -0.1) is 11.3 Å². The van der Waals surface area contributed by atoms with E-state index in [4.69, 9.17) is 4.42 Å². The van der Waals surface area contributed by atoms with Crippen LogP contribution in [0.25, 0.3) is 55.3 Å². The van der Waals surface area contributed by atoms with E-state index in [-0.39, 0.29) is 0 Å². The second-order valence-electron chi connectivity index (χ2n) is 13.2. The highest BCUT2D eigenvalue weighted by molar-refractivity contribution is 7.14. The summed E-state index contributed by atoms with van der Waals surface area (Å²) in [6, 6.07) is 62.0. The maximum atomic E-state index is 6.73. The molecule has 2 aliphatic rings. The molecule has 0 radical (unpaired) electrons. The number of benzene rings is 7. The van der Waals surface area contributed by atoms with Gasteiger partial charge in [-0.25, -0.2) is 0 Å². The van der Waals surface area contributed by atoms with Gasteiger partial charge >= 0.3 is 0 Å². The molecule has 50 heavy (non-hydrogen) atoms. The standard InChI is InChI=1S/C47H29NOS/c1-2-11-30(12-3-1)31-20-22-32(23-21-31)48(44-19-10-28-50-44)33-24-25-35-34-13-4-7-16-39(34)47(42(35)29-33)40-17-8-5-15-38(40)45-41(47)27-26-37-36-14-6-9-18-43(36)49-46(37)45/h1-29H. The maximum Gasteiger partial charge on any atom is 0.143 e. The van der Waals surface area contributed by atoms with Crippen LogP contribution in [0.1, 0.15) is 22.3 Å². The minimum atomic E-state index is -0.487. The van der Waals surface area contributed by atoms with Crippen LogP contribution in [-0.4, -0.2) is 0 Å². The van der Waals surface area contributed by atoms with Crippen molar-refractivity contribution in [2.45, 2.75) is 5.41 Å². The number of nitrogens with zero attached hydrogens (tertiary/aromatic N) is 1. The number of para-hydroxylation sites is 1. The second-order valence-corrected chi connectivity index (χ2v) is 14.2. The van der Waals surface area contributed by atoms with Crippen LogP contribution in [-0.2, 0) is 5.41 Å². The van der Waals surface area contributed by atoms with Crippen molar-refractivity contribution >= 4 is 49.7 Å². The Labute approximate surface area is 294 Å². The van der Waals surface area contributed by atoms with Gasteiger partial charge < -0.3 is 9.32 Å². The van der Waals surface area contributed by atoms with Crippen molar-refractivity contribution in [3.63, 3.8) is 0 Å². The zero-order valence-electron chi connectivity index (χ0n) is 27.0. The lowest BCUT2D eigenvalue weighted by Gasteiger charge is -2.32. The number of fused-ring (bicyclic) bond motifs is 14. The van der Waals surface area contributed by atoms with Crippen LogP contribution >= 0.6 is 11.3 Å². The summed E-state index contributed by atoms with van der Waals surface area (Å²) < 4.78 is 6.73. The highest BCUT2D eigenvalue weighted by Crippen LogP contribution is 2.64. The first-order chi connectivity index (χ1) is 24.8. The summed E-state index contributed by atoms with van der Waals surface area (Å²) in [6.45, 7) is 0. The summed E-state index contributed by atoms with van der Waals surface area (Å²) in [6.07, 6.45) is 0. The number of hydrogen-bond acceptors (Lipinski definition) is 3. The molecule has 0 fully saturated rings. The second kappa shape index (κ2) is 10.4. The first-order valence-corrected chi connectivity index (χ1v) is 18.0. The monoisotopic (exact) mass is 655 g/mol. The van der Waals surface area contributed by atoms with Crippen molar-refractivity contribution in [3.8, 4) is 33.4 Å². The van der Waals surface area contributed by atoms with Crippen LogP contribution in [0.2, 0.25) is 0 Å². The largest absolute Gasteiger partial charge is 0.455 e. The van der Waals surface area contributed by atoms with E-state index in [0.717, 1.165) is 33.3 Å². The minimum absolute atomic E-state index is 0.487.